The second kappa shape index (κ2) is 11.5. The first-order valence-corrected chi connectivity index (χ1v) is 13.6. The van der Waals surface area contributed by atoms with Crippen LogP contribution in [0, 0.1) is 13.8 Å². The molecule has 0 aliphatic heterocycles. The van der Waals surface area contributed by atoms with Gasteiger partial charge < -0.3 is 14.8 Å². The summed E-state index contributed by atoms with van der Waals surface area (Å²) in [5.74, 6) is 1.02. The number of ether oxygens (including phenoxy) is 2. The van der Waals surface area contributed by atoms with Gasteiger partial charge in [0.1, 0.15) is 0 Å². The Hall–Kier alpha value is -3.52. The summed E-state index contributed by atoms with van der Waals surface area (Å²) in [6.07, 6.45) is 1.90. The highest BCUT2D eigenvalue weighted by Crippen LogP contribution is 2.31. The predicted molar refractivity (Wildman–Crippen MR) is 143 cm³/mol. The number of nitrogens with one attached hydrogen (secondary N) is 1. The number of sulfonamides is 1. The molecule has 7 nitrogen and oxygen atoms in total. The second-order valence-electron chi connectivity index (χ2n) is 8.81. The number of carbonyl (C=O) groups is 1. The van der Waals surface area contributed by atoms with Crippen molar-refractivity contribution in [2.45, 2.75) is 39.8 Å². The van der Waals surface area contributed by atoms with Crippen LogP contribution in [0.25, 0.3) is 0 Å². The first-order chi connectivity index (χ1) is 17.1. The van der Waals surface area contributed by atoms with Gasteiger partial charge >= 0.3 is 0 Å². The Labute approximate surface area is 214 Å². The number of hydrogen-bond donors (Lipinski definition) is 1. The zero-order valence-corrected chi connectivity index (χ0v) is 22.5. The van der Waals surface area contributed by atoms with Crippen LogP contribution < -0.4 is 19.1 Å². The van der Waals surface area contributed by atoms with Crippen LogP contribution in [0.1, 0.15) is 52.0 Å². The van der Waals surface area contributed by atoms with Gasteiger partial charge in [-0.1, -0.05) is 37.3 Å². The van der Waals surface area contributed by atoms with Crippen LogP contribution in [0.2, 0.25) is 0 Å². The summed E-state index contributed by atoms with van der Waals surface area (Å²) in [4.78, 5) is 13.0. The summed E-state index contributed by atoms with van der Waals surface area (Å²) in [6, 6.07) is 18.1. The van der Waals surface area contributed by atoms with Crippen molar-refractivity contribution in [1.29, 1.82) is 0 Å². The molecule has 0 heterocycles. The molecular formula is C28H34N2O5S. The lowest BCUT2D eigenvalue weighted by Gasteiger charge is -2.25. The lowest BCUT2D eigenvalue weighted by molar-refractivity contribution is 0.0935. The van der Waals surface area contributed by atoms with E-state index >= 15 is 0 Å². The Bertz CT molecular complexity index is 1320. The molecule has 0 bridgehead atoms. The summed E-state index contributed by atoms with van der Waals surface area (Å²) >= 11 is 0. The van der Waals surface area contributed by atoms with Crippen molar-refractivity contribution in [3.05, 3.63) is 88.5 Å². The maximum Gasteiger partial charge on any atom is 0.251 e. The predicted octanol–water partition coefficient (Wildman–Crippen LogP) is 5.17. The smallest absolute Gasteiger partial charge is 0.251 e. The van der Waals surface area contributed by atoms with Crippen molar-refractivity contribution >= 4 is 21.6 Å². The number of rotatable bonds is 10. The number of anilines is 1. The minimum Gasteiger partial charge on any atom is -0.493 e. The summed E-state index contributed by atoms with van der Waals surface area (Å²) < 4.78 is 37.3. The average Bonchev–Trinajstić information content (AvgIpc) is 2.86. The van der Waals surface area contributed by atoms with Gasteiger partial charge in [-0.05, 0) is 72.9 Å². The molecule has 0 radical (unpaired) electrons. The number of aryl methyl sites for hydroxylation is 2. The fourth-order valence-electron chi connectivity index (χ4n) is 4.03. The lowest BCUT2D eigenvalue weighted by Crippen LogP contribution is -2.30. The second-order valence-corrected chi connectivity index (χ2v) is 10.7. The number of carbonyl (C=O) groups excluding carboxylic acids is 1. The van der Waals surface area contributed by atoms with Gasteiger partial charge in [-0.25, -0.2) is 8.42 Å². The van der Waals surface area contributed by atoms with Gasteiger partial charge in [0.2, 0.25) is 10.0 Å². The van der Waals surface area contributed by atoms with Gasteiger partial charge in [0, 0.05) is 5.56 Å². The summed E-state index contributed by atoms with van der Waals surface area (Å²) in [7, 11) is -0.350. The molecule has 0 fully saturated rings. The maximum atomic E-state index is 13.0. The summed E-state index contributed by atoms with van der Waals surface area (Å²) in [6.45, 7) is 6.00. The van der Waals surface area contributed by atoms with Crippen molar-refractivity contribution in [1.82, 2.24) is 5.32 Å². The quantitative estimate of drug-likeness (QED) is 0.407. The zero-order valence-electron chi connectivity index (χ0n) is 21.7. The first-order valence-electron chi connectivity index (χ1n) is 11.7. The van der Waals surface area contributed by atoms with E-state index in [2.05, 4.69) is 5.32 Å². The molecule has 0 saturated heterocycles. The highest BCUT2D eigenvalue weighted by Gasteiger charge is 2.21. The molecule has 1 N–H and O–H groups in total. The first kappa shape index (κ1) is 27.1. The number of amides is 1. The van der Waals surface area contributed by atoms with Gasteiger partial charge in [-0.3, -0.25) is 9.10 Å². The van der Waals surface area contributed by atoms with Crippen LogP contribution in [0.3, 0.4) is 0 Å². The maximum absolute atomic E-state index is 13.0. The van der Waals surface area contributed by atoms with E-state index in [1.807, 2.05) is 57.2 Å². The Balaban J connectivity index is 1.78. The van der Waals surface area contributed by atoms with Crippen LogP contribution in [0.5, 0.6) is 11.5 Å². The number of nitrogens with zero attached hydrogens (tertiary/aromatic N) is 1. The van der Waals surface area contributed by atoms with E-state index < -0.39 is 10.0 Å². The molecule has 1 atom stereocenters. The Morgan fingerprint density at radius 1 is 0.944 bits per heavy atom. The average molecular weight is 511 g/mol. The van der Waals surface area contributed by atoms with Gasteiger partial charge in [0.05, 0.1) is 38.7 Å². The van der Waals surface area contributed by atoms with Crippen molar-refractivity contribution in [2.75, 3.05) is 24.8 Å². The van der Waals surface area contributed by atoms with Gasteiger partial charge in [0.25, 0.3) is 5.91 Å². The molecule has 0 aliphatic carbocycles. The Morgan fingerprint density at radius 3 is 2.19 bits per heavy atom. The molecule has 0 aliphatic rings. The summed E-state index contributed by atoms with van der Waals surface area (Å²) in [5.41, 5.74) is 4.71. The number of methoxy groups -OCH3 is 2. The molecule has 192 valence electrons. The molecule has 8 heteroatoms. The molecule has 0 unspecified atom stereocenters. The van der Waals surface area contributed by atoms with E-state index in [-0.39, 0.29) is 18.5 Å². The molecule has 36 heavy (non-hydrogen) atoms. The van der Waals surface area contributed by atoms with E-state index in [9.17, 15) is 13.2 Å². The van der Waals surface area contributed by atoms with Crippen LogP contribution in [-0.2, 0) is 16.6 Å². The van der Waals surface area contributed by atoms with Crippen LogP contribution in [0.15, 0.2) is 60.7 Å². The standard InChI is InChI=1S/C28H34N2O5S/c1-7-24(23-14-15-26(34-4)27(17-23)35-5)29-28(31)22-12-10-21(11-13-22)18-30(36(6,32)33)25-16-19(2)8-9-20(25)3/h8-17,24H,7,18H2,1-6H3,(H,29,31)/t24-/m1/s1. The van der Waals surface area contributed by atoms with Crippen molar-refractivity contribution < 1.29 is 22.7 Å². The van der Waals surface area contributed by atoms with E-state index in [0.29, 0.717) is 29.2 Å². The minimum atomic E-state index is -3.51. The number of benzene rings is 3. The Kier molecular flexibility index (Phi) is 8.63. The third kappa shape index (κ3) is 6.37. The van der Waals surface area contributed by atoms with Crippen LogP contribution in [0.4, 0.5) is 5.69 Å². The van der Waals surface area contributed by atoms with Crippen molar-refractivity contribution in [3.8, 4) is 11.5 Å². The topological polar surface area (TPSA) is 84.9 Å². The molecule has 1 amide bonds. The largest absolute Gasteiger partial charge is 0.493 e. The zero-order chi connectivity index (χ0) is 26.5. The van der Waals surface area contributed by atoms with E-state index in [1.54, 1.807) is 38.5 Å². The van der Waals surface area contributed by atoms with Gasteiger partial charge in [-0.2, -0.15) is 0 Å². The van der Waals surface area contributed by atoms with Crippen molar-refractivity contribution in [3.63, 3.8) is 0 Å². The molecule has 3 rings (SSSR count). The fraction of sp³-hybridized carbons (Fsp3) is 0.321. The lowest BCUT2D eigenvalue weighted by atomic mass is 10.0. The van der Waals surface area contributed by atoms with Gasteiger partial charge in [-0.15, -0.1) is 0 Å². The third-order valence-corrected chi connectivity index (χ3v) is 7.23. The number of hydrogen-bond acceptors (Lipinski definition) is 5. The Morgan fingerprint density at radius 2 is 1.61 bits per heavy atom. The van der Waals surface area contributed by atoms with E-state index in [1.165, 1.54) is 10.6 Å². The molecule has 0 spiro atoms. The molecule has 3 aromatic rings. The fourth-order valence-corrected chi connectivity index (χ4v) is 4.97. The summed E-state index contributed by atoms with van der Waals surface area (Å²) in [5, 5.41) is 3.07. The molecular weight excluding hydrogens is 476 g/mol. The van der Waals surface area contributed by atoms with Crippen LogP contribution in [-0.4, -0.2) is 34.8 Å². The molecule has 3 aromatic carbocycles. The van der Waals surface area contributed by atoms with Gasteiger partial charge in [0.15, 0.2) is 11.5 Å². The third-order valence-electron chi connectivity index (χ3n) is 6.10. The SMILES string of the molecule is CC[C@@H](NC(=O)c1ccc(CN(c2cc(C)ccc2C)S(C)(=O)=O)cc1)c1ccc(OC)c(OC)c1. The monoisotopic (exact) mass is 510 g/mol. The highest BCUT2D eigenvalue weighted by atomic mass is 32.2. The van der Waals surface area contributed by atoms with E-state index in [0.717, 1.165) is 22.3 Å². The van der Waals surface area contributed by atoms with Crippen molar-refractivity contribution in [2.24, 2.45) is 0 Å². The highest BCUT2D eigenvalue weighted by molar-refractivity contribution is 7.92. The normalized spacial score (nSPS) is 12.1. The van der Waals surface area contributed by atoms with E-state index in [4.69, 9.17) is 9.47 Å². The molecule has 0 saturated carbocycles. The minimum absolute atomic E-state index is 0.175. The molecule has 0 aromatic heterocycles. The van der Waals surface area contributed by atoms with Crippen LogP contribution >= 0.6 is 0 Å².